The van der Waals surface area contributed by atoms with Gasteiger partial charge < -0.3 is 15.4 Å². The number of thioether (sulfide) groups is 1. The summed E-state index contributed by atoms with van der Waals surface area (Å²) in [7, 11) is 1.58. The number of methoxy groups -OCH3 is 1. The van der Waals surface area contributed by atoms with Gasteiger partial charge in [0, 0.05) is 27.3 Å². The van der Waals surface area contributed by atoms with Crippen LogP contribution in [0.15, 0.2) is 62.7 Å². The van der Waals surface area contributed by atoms with Crippen molar-refractivity contribution in [2.45, 2.75) is 10.8 Å². The quantitative estimate of drug-likeness (QED) is 0.441. The first-order chi connectivity index (χ1) is 14.0. The number of carbonyl (C=O) groups is 2. The fourth-order valence-corrected chi connectivity index (χ4v) is 4.44. The van der Waals surface area contributed by atoms with E-state index >= 15 is 0 Å². The fraction of sp³-hybridized carbons (Fsp3) is 0.150. The van der Waals surface area contributed by atoms with Gasteiger partial charge in [0.25, 0.3) is 0 Å². The van der Waals surface area contributed by atoms with Gasteiger partial charge in [0.15, 0.2) is 4.34 Å². The van der Waals surface area contributed by atoms with E-state index in [0.29, 0.717) is 17.1 Å². The van der Waals surface area contributed by atoms with Crippen LogP contribution in [0.3, 0.4) is 0 Å². The number of nitrogens with zero attached hydrogens (tertiary/aromatic N) is 1. The molecule has 0 saturated heterocycles. The van der Waals surface area contributed by atoms with Gasteiger partial charge in [-0.1, -0.05) is 39.8 Å². The maximum Gasteiger partial charge on any atom is 0.234 e. The zero-order valence-electron chi connectivity index (χ0n) is 15.5. The van der Waals surface area contributed by atoms with Gasteiger partial charge in [0.05, 0.1) is 25.0 Å². The number of amides is 2. The molecule has 1 heterocycles. The van der Waals surface area contributed by atoms with Crippen LogP contribution in [0.5, 0.6) is 5.75 Å². The molecule has 6 nitrogen and oxygen atoms in total. The Morgan fingerprint density at radius 2 is 1.83 bits per heavy atom. The average molecular weight is 492 g/mol. The number of hydrogen-bond acceptors (Lipinski definition) is 6. The zero-order valence-corrected chi connectivity index (χ0v) is 18.7. The molecule has 0 aliphatic rings. The number of halogens is 1. The molecule has 29 heavy (non-hydrogen) atoms. The lowest BCUT2D eigenvalue weighted by molar-refractivity contribution is -0.116. The summed E-state index contributed by atoms with van der Waals surface area (Å²) in [6, 6.07) is 14.6. The summed E-state index contributed by atoms with van der Waals surface area (Å²) in [4.78, 5) is 28.7. The van der Waals surface area contributed by atoms with E-state index in [2.05, 4.69) is 31.5 Å². The van der Waals surface area contributed by atoms with E-state index in [1.165, 1.54) is 23.1 Å². The predicted molar refractivity (Wildman–Crippen MR) is 121 cm³/mol. The summed E-state index contributed by atoms with van der Waals surface area (Å²) in [5, 5.41) is 7.50. The molecule has 3 rings (SSSR count). The number of hydrogen-bond donors (Lipinski definition) is 2. The highest BCUT2D eigenvalue weighted by Gasteiger charge is 2.11. The van der Waals surface area contributed by atoms with Crippen LogP contribution < -0.4 is 15.4 Å². The molecule has 9 heteroatoms. The van der Waals surface area contributed by atoms with E-state index in [0.717, 1.165) is 14.5 Å². The SMILES string of the molecule is COc1cccc(NC(=O)CSc2nc(CC(=O)Nc3cccc(Br)c3)cs2)c1. The van der Waals surface area contributed by atoms with E-state index in [1.54, 1.807) is 19.2 Å². The number of anilines is 2. The van der Waals surface area contributed by atoms with Crippen LogP contribution in [0.25, 0.3) is 0 Å². The van der Waals surface area contributed by atoms with Crippen molar-refractivity contribution >= 4 is 62.2 Å². The third-order valence-electron chi connectivity index (χ3n) is 3.66. The van der Waals surface area contributed by atoms with Crippen molar-refractivity contribution in [3.05, 3.63) is 64.1 Å². The Hall–Kier alpha value is -2.36. The van der Waals surface area contributed by atoms with E-state index in [9.17, 15) is 9.59 Å². The molecule has 2 aromatic carbocycles. The minimum atomic E-state index is -0.138. The van der Waals surface area contributed by atoms with E-state index in [-0.39, 0.29) is 24.0 Å². The molecule has 0 aliphatic heterocycles. The Balaban J connectivity index is 1.47. The topological polar surface area (TPSA) is 80.3 Å². The maximum atomic E-state index is 12.2. The molecule has 0 unspecified atom stereocenters. The summed E-state index contributed by atoms with van der Waals surface area (Å²) in [5.41, 5.74) is 2.08. The van der Waals surface area contributed by atoms with Crippen LogP contribution in [0, 0.1) is 0 Å². The first kappa shape index (κ1) is 21.4. The highest BCUT2D eigenvalue weighted by Crippen LogP contribution is 2.24. The van der Waals surface area contributed by atoms with E-state index < -0.39 is 0 Å². The predicted octanol–water partition coefficient (Wildman–Crippen LogP) is 4.83. The van der Waals surface area contributed by atoms with Crippen molar-refractivity contribution in [3.8, 4) is 5.75 Å². The Morgan fingerprint density at radius 1 is 1.10 bits per heavy atom. The van der Waals surface area contributed by atoms with Crippen molar-refractivity contribution in [2.24, 2.45) is 0 Å². The lowest BCUT2D eigenvalue weighted by atomic mass is 10.3. The first-order valence-corrected chi connectivity index (χ1v) is 11.2. The van der Waals surface area contributed by atoms with Crippen molar-refractivity contribution in [3.63, 3.8) is 0 Å². The Morgan fingerprint density at radius 3 is 2.59 bits per heavy atom. The van der Waals surface area contributed by atoms with Crippen LogP contribution >= 0.6 is 39.0 Å². The normalized spacial score (nSPS) is 10.4. The molecule has 0 saturated carbocycles. The molecule has 0 spiro atoms. The summed E-state index contributed by atoms with van der Waals surface area (Å²) in [6.07, 6.45) is 0.180. The van der Waals surface area contributed by atoms with Crippen molar-refractivity contribution in [1.29, 1.82) is 0 Å². The van der Waals surface area contributed by atoms with Crippen molar-refractivity contribution in [2.75, 3.05) is 23.5 Å². The highest BCUT2D eigenvalue weighted by molar-refractivity contribution is 9.10. The number of nitrogens with one attached hydrogen (secondary N) is 2. The molecule has 0 fully saturated rings. The van der Waals surface area contributed by atoms with Crippen LogP contribution in [0.1, 0.15) is 5.69 Å². The zero-order chi connectivity index (χ0) is 20.6. The minimum absolute atomic E-state index is 0.132. The molecule has 2 N–H and O–H groups in total. The first-order valence-electron chi connectivity index (χ1n) is 8.58. The van der Waals surface area contributed by atoms with Crippen molar-refractivity contribution < 1.29 is 14.3 Å². The number of aromatic nitrogens is 1. The smallest absolute Gasteiger partial charge is 0.234 e. The molecule has 0 radical (unpaired) electrons. The number of ether oxygens (including phenoxy) is 1. The van der Waals surface area contributed by atoms with Gasteiger partial charge in [-0.3, -0.25) is 9.59 Å². The Bertz CT molecular complexity index is 1010. The molecular formula is C20H18BrN3O3S2. The summed E-state index contributed by atoms with van der Waals surface area (Å²) in [6.45, 7) is 0. The molecule has 0 aliphatic carbocycles. The second-order valence-electron chi connectivity index (χ2n) is 5.91. The monoisotopic (exact) mass is 491 g/mol. The molecule has 2 amide bonds. The highest BCUT2D eigenvalue weighted by atomic mass is 79.9. The second kappa shape index (κ2) is 10.4. The lowest BCUT2D eigenvalue weighted by Gasteiger charge is -2.06. The molecule has 150 valence electrons. The van der Waals surface area contributed by atoms with Gasteiger partial charge >= 0.3 is 0 Å². The van der Waals surface area contributed by atoms with Gasteiger partial charge in [0.1, 0.15) is 5.75 Å². The van der Waals surface area contributed by atoms with Crippen LogP contribution in [-0.4, -0.2) is 29.7 Å². The van der Waals surface area contributed by atoms with Gasteiger partial charge in [-0.15, -0.1) is 11.3 Å². The summed E-state index contributed by atoms with van der Waals surface area (Å²) < 4.78 is 6.79. The number of carbonyl (C=O) groups excluding carboxylic acids is 2. The largest absolute Gasteiger partial charge is 0.497 e. The van der Waals surface area contributed by atoms with E-state index in [1.807, 2.05) is 41.8 Å². The molecule has 3 aromatic rings. The van der Waals surface area contributed by atoms with Crippen LogP contribution in [0.2, 0.25) is 0 Å². The third-order valence-corrected chi connectivity index (χ3v) is 6.22. The van der Waals surface area contributed by atoms with Crippen molar-refractivity contribution in [1.82, 2.24) is 4.98 Å². The maximum absolute atomic E-state index is 12.2. The molecule has 0 atom stereocenters. The Kier molecular flexibility index (Phi) is 7.68. The van der Waals surface area contributed by atoms with Gasteiger partial charge in [0.2, 0.25) is 11.8 Å². The van der Waals surface area contributed by atoms with Gasteiger partial charge in [-0.25, -0.2) is 4.98 Å². The Labute approximate surface area is 185 Å². The summed E-state index contributed by atoms with van der Waals surface area (Å²) >= 11 is 6.13. The third kappa shape index (κ3) is 6.88. The second-order valence-corrected chi connectivity index (χ2v) is 8.91. The van der Waals surface area contributed by atoms with E-state index in [4.69, 9.17) is 4.74 Å². The van der Waals surface area contributed by atoms with Gasteiger partial charge in [-0.2, -0.15) is 0 Å². The number of benzene rings is 2. The minimum Gasteiger partial charge on any atom is -0.497 e. The summed E-state index contributed by atoms with van der Waals surface area (Å²) in [5.74, 6) is 0.642. The standard InChI is InChI=1S/C20H18BrN3O3S2/c1-27-17-7-3-6-15(9-17)23-19(26)12-29-20-24-16(11-28-20)10-18(25)22-14-5-2-4-13(21)8-14/h2-9,11H,10,12H2,1H3,(H,22,25)(H,23,26). The van der Waals surface area contributed by atoms with Crippen LogP contribution in [-0.2, 0) is 16.0 Å². The van der Waals surface area contributed by atoms with Crippen LogP contribution in [0.4, 0.5) is 11.4 Å². The number of thiazole rings is 1. The molecule has 0 bridgehead atoms. The molecular weight excluding hydrogens is 474 g/mol. The lowest BCUT2D eigenvalue weighted by Crippen LogP contribution is -2.14. The number of rotatable bonds is 8. The van der Waals surface area contributed by atoms with Gasteiger partial charge in [-0.05, 0) is 30.3 Å². The average Bonchev–Trinajstić information content (AvgIpc) is 3.13. The fourth-order valence-electron chi connectivity index (χ4n) is 2.40. The molecule has 1 aromatic heterocycles.